The predicted octanol–water partition coefficient (Wildman–Crippen LogP) is 2.55. The zero-order chi connectivity index (χ0) is 13.9. The Morgan fingerprint density at radius 2 is 2.00 bits per heavy atom. The first-order chi connectivity index (χ1) is 9.83. The van der Waals surface area contributed by atoms with Crippen LogP contribution in [0.4, 0.5) is 0 Å². The van der Waals surface area contributed by atoms with Gasteiger partial charge in [-0.3, -0.25) is 0 Å². The van der Waals surface area contributed by atoms with Crippen molar-refractivity contribution < 1.29 is 4.74 Å². The van der Waals surface area contributed by atoms with E-state index in [0.29, 0.717) is 12.4 Å². The van der Waals surface area contributed by atoms with E-state index >= 15 is 0 Å². The van der Waals surface area contributed by atoms with E-state index in [1.807, 2.05) is 18.2 Å². The fraction of sp³-hybridized carbons (Fsp3) is 0.188. The Bertz CT molecular complexity index is 733. The molecule has 4 nitrogen and oxygen atoms in total. The number of fused-ring (bicyclic) bond motifs is 1. The van der Waals surface area contributed by atoms with Crippen molar-refractivity contribution >= 4 is 10.9 Å². The van der Waals surface area contributed by atoms with Crippen LogP contribution >= 0.6 is 0 Å². The monoisotopic (exact) mass is 267 g/mol. The second-order valence-electron chi connectivity index (χ2n) is 4.67. The van der Waals surface area contributed by atoms with Crippen LogP contribution in [0.25, 0.3) is 10.9 Å². The number of hydrogen-bond donors (Lipinski definition) is 1. The second kappa shape index (κ2) is 5.35. The van der Waals surface area contributed by atoms with Crippen LogP contribution in [0, 0.1) is 0 Å². The highest BCUT2D eigenvalue weighted by molar-refractivity contribution is 5.83. The molecule has 0 bridgehead atoms. The number of hydrogen-bond acceptors (Lipinski definition) is 3. The van der Waals surface area contributed by atoms with Crippen molar-refractivity contribution in [3.8, 4) is 5.88 Å². The van der Waals surface area contributed by atoms with E-state index in [-0.39, 0.29) is 0 Å². The van der Waals surface area contributed by atoms with Gasteiger partial charge in [-0.2, -0.15) is 0 Å². The minimum absolute atomic E-state index is 0.533. The van der Waals surface area contributed by atoms with Crippen LogP contribution in [-0.4, -0.2) is 16.7 Å². The third-order valence-electron chi connectivity index (χ3n) is 3.48. The maximum absolute atomic E-state index is 5.84. The first-order valence-corrected chi connectivity index (χ1v) is 6.58. The molecule has 0 saturated heterocycles. The van der Waals surface area contributed by atoms with Crippen molar-refractivity contribution in [3.05, 3.63) is 59.9 Å². The van der Waals surface area contributed by atoms with Crippen molar-refractivity contribution in [2.24, 2.45) is 5.73 Å². The third kappa shape index (κ3) is 2.14. The minimum Gasteiger partial charge on any atom is -0.481 e. The predicted molar refractivity (Wildman–Crippen MR) is 79.7 cm³/mol. The van der Waals surface area contributed by atoms with E-state index < -0.39 is 0 Å². The number of ether oxygens (including phenoxy) is 1. The summed E-state index contributed by atoms with van der Waals surface area (Å²) in [6.07, 6.45) is 3.82. The molecule has 2 heterocycles. The van der Waals surface area contributed by atoms with Gasteiger partial charge >= 0.3 is 0 Å². The zero-order valence-corrected chi connectivity index (χ0v) is 11.4. The Morgan fingerprint density at radius 3 is 2.80 bits per heavy atom. The number of aromatic nitrogens is 2. The van der Waals surface area contributed by atoms with E-state index in [1.165, 1.54) is 10.9 Å². The molecule has 2 N–H and O–H groups in total. The topological polar surface area (TPSA) is 53.1 Å². The Hall–Kier alpha value is -2.33. The lowest BCUT2D eigenvalue weighted by Crippen LogP contribution is -2.05. The summed E-state index contributed by atoms with van der Waals surface area (Å²) in [4.78, 5) is 4.24. The number of nitrogens with zero attached hydrogens (tertiary/aromatic N) is 2. The summed E-state index contributed by atoms with van der Waals surface area (Å²) in [5, 5.41) is 1.20. The van der Waals surface area contributed by atoms with Crippen LogP contribution in [-0.2, 0) is 13.1 Å². The number of methoxy groups -OCH3 is 1. The number of pyridine rings is 1. The first kappa shape index (κ1) is 12.7. The molecule has 0 aliphatic heterocycles. The van der Waals surface area contributed by atoms with Crippen LogP contribution in [0.3, 0.4) is 0 Å². The van der Waals surface area contributed by atoms with Gasteiger partial charge in [-0.05, 0) is 23.1 Å². The molecule has 0 aliphatic rings. The molecule has 4 heteroatoms. The number of para-hydroxylation sites is 1. The van der Waals surface area contributed by atoms with Crippen LogP contribution in [0.15, 0.2) is 48.8 Å². The van der Waals surface area contributed by atoms with Crippen LogP contribution < -0.4 is 10.5 Å². The molecule has 2 aromatic heterocycles. The van der Waals surface area contributed by atoms with Gasteiger partial charge < -0.3 is 15.0 Å². The first-order valence-electron chi connectivity index (χ1n) is 6.58. The smallest absolute Gasteiger partial charge is 0.218 e. The molecule has 0 aliphatic carbocycles. The number of nitrogens with two attached hydrogens (primary N) is 1. The summed E-state index contributed by atoms with van der Waals surface area (Å²) >= 11 is 0. The second-order valence-corrected chi connectivity index (χ2v) is 4.67. The van der Waals surface area contributed by atoms with Crippen molar-refractivity contribution in [2.75, 3.05) is 7.11 Å². The van der Waals surface area contributed by atoms with Crippen LogP contribution in [0.1, 0.15) is 11.1 Å². The number of benzene rings is 1. The van der Waals surface area contributed by atoms with Gasteiger partial charge in [0.15, 0.2) is 0 Å². The Kier molecular flexibility index (Phi) is 3.39. The molecule has 0 saturated carbocycles. The molecular weight excluding hydrogens is 250 g/mol. The van der Waals surface area contributed by atoms with Crippen molar-refractivity contribution in [2.45, 2.75) is 13.1 Å². The maximum atomic E-state index is 5.84. The molecule has 0 atom stereocenters. The summed E-state index contributed by atoms with van der Waals surface area (Å²) in [6.45, 7) is 1.25. The van der Waals surface area contributed by atoms with Gasteiger partial charge in [0.05, 0.1) is 19.2 Å². The van der Waals surface area contributed by atoms with E-state index in [4.69, 9.17) is 10.5 Å². The highest BCUT2D eigenvalue weighted by Crippen LogP contribution is 2.23. The molecule has 0 radical (unpaired) electrons. The fourth-order valence-electron chi connectivity index (χ4n) is 2.55. The SMILES string of the molecule is COc1ncccc1Cn1ccc2cccc(CN)c21. The molecule has 3 aromatic rings. The minimum atomic E-state index is 0.533. The molecule has 3 rings (SSSR count). The molecule has 102 valence electrons. The maximum Gasteiger partial charge on any atom is 0.218 e. The number of rotatable bonds is 4. The lowest BCUT2D eigenvalue weighted by Gasteiger charge is -2.11. The zero-order valence-electron chi connectivity index (χ0n) is 11.4. The highest BCUT2D eigenvalue weighted by atomic mass is 16.5. The molecular formula is C16H17N3O. The molecule has 0 spiro atoms. The summed E-state index contributed by atoms with van der Waals surface area (Å²) in [5.41, 5.74) is 9.23. The molecule has 0 amide bonds. The molecule has 0 unspecified atom stereocenters. The van der Waals surface area contributed by atoms with Gasteiger partial charge in [-0.15, -0.1) is 0 Å². The Labute approximate surface area is 117 Å². The van der Waals surface area contributed by atoms with Crippen molar-refractivity contribution in [1.29, 1.82) is 0 Å². The van der Waals surface area contributed by atoms with Gasteiger partial charge in [0.2, 0.25) is 5.88 Å². The average molecular weight is 267 g/mol. The van der Waals surface area contributed by atoms with E-state index in [0.717, 1.165) is 17.7 Å². The fourth-order valence-corrected chi connectivity index (χ4v) is 2.55. The summed E-state index contributed by atoms with van der Waals surface area (Å²) in [5.74, 6) is 0.666. The van der Waals surface area contributed by atoms with E-state index in [9.17, 15) is 0 Å². The Morgan fingerprint density at radius 1 is 1.15 bits per heavy atom. The van der Waals surface area contributed by atoms with Gasteiger partial charge in [0.25, 0.3) is 0 Å². The quantitative estimate of drug-likeness (QED) is 0.790. The standard InChI is InChI=1S/C16H17N3O/c1-20-16-14(6-3-8-18-16)11-19-9-7-12-4-2-5-13(10-17)15(12)19/h2-9H,10-11,17H2,1H3. The van der Waals surface area contributed by atoms with Crippen LogP contribution in [0.5, 0.6) is 5.88 Å². The molecule has 20 heavy (non-hydrogen) atoms. The van der Waals surface area contributed by atoms with E-state index in [1.54, 1.807) is 13.3 Å². The van der Waals surface area contributed by atoms with Crippen molar-refractivity contribution in [1.82, 2.24) is 9.55 Å². The third-order valence-corrected chi connectivity index (χ3v) is 3.48. The van der Waals surface area contributed by atoms with Crippen LogP contribution in [0.2, 0.25) is 0 Å². The summed E-state index contributed by atoms with van der Waals surface area (Å²) in [7, 11) is 1.64. The van der Waals surface area contributed by atoms with Crippen molar-refractivity contribution in [3.63, 3.8) is 0 Å². The lowest BCUT2D eigenvalue weighted by molar-refractivity contribution is 0.391. The molecule has 0 fully saturated rings. The molecule has 1 aromatic carbocycles. The summed E-state index contributed by atoms with van der Waals surface area (Å²) in [6, 6.07) is 12.3. The van der Waals surface area contributed by atoms with Gasteiger partial charge in [0.1, 0.15) is 0 Å². The summed E-state index contributed by atoms with van der Waals surface area (Å²) < 4.78 is 7.51. The Balaban J connectivity index is 2.07. The average Bonchev–Trinajstić information content (AvgIpc) is 2.91. The van der Waals surface area contributed by atoms with Gasteiger partial charge in [-0.1, -0.05) is 24.3 Å². The van der Waals surface area contributed by atoms with Gasteiger partial charge in [-0.25, -0.2) is 4.98 Å². The normalized spacial score (nSPS) is 10.9. The largest absolute Gasteiger partial charge is 0.481 e. The van der Waals surface area contributed by atoms with E-state index in [2.05, 4.69) is 33.9 Å². The lowest BCUT2D eigenvalue weighted by atomic mass is 10.1. The highest BCUT2D eigenvalue weighted by Gasteiger charge is 2.09. The van der Waals surface area contributed by atoms with Gasteiger partial charge in [0, 0.05) is 24.5 Å².